The third-order valence-corrected chi connectivity index (χ3v) is 7.47. The molecule has 7 rings (SSSR count). The second-order valence-electron chi connectivity index (χ2n) is 9.67. The van der Waals surface area contributed by atoms with Crippen LogP contribution in [0, 0.1) is 0 Å². The zero-order valence-corrected chi connectivity index (χ0v) is 21.0. The maximum absolute atomic E-state index is 2.32. The van der Waals surface area contributed by atoms with Crippen LogP contribution in [-0.2, 0) is 0 Å². The summed E-state index contributed by atoms with van der Waals surface area (Å²) in [5, 5.41) is 5.13. The predicted molar refractivity (Wildman–Crippen MR) is 163 cm³/mol. The molecule has 0 radical (unpaired) electrons. The molecule has 0 saturated heterocycles. The highest BCUT2D eigenvalue weighted by Gasteiger charge is 2.22. The second kappa shape index (κ2) is 9.50. The molecule has 0 spiro atoms. The first-order valence-corrected chi connectivity index (χ1v) is 13.1. The summed E-state index contributed by atoms with van der Waals surface area (Å²) in [6, 6.07) is 56.9. The van der Waals surface area contributed by atoms with Gasteiger partial charge in [0.05, 0.1) is 0 Å². The van der Waals surface area contributed by atoms with Crippen molar-refractivity contribution in [1.29, 1.82) is 0 Å². The van der Waals surface area contributed by atoms with E-state index in [4.69, 9.17) is 0 Å². The molecular formula is C38H26. The Hall–Kier alpha value is -4.94. The van der Waals surface area contributed by atoms with E-state index in [0.29, 0.717) is 0 Å². The summed E-state index contributed by atoms with van der Waals surface area (Å²) in [6.45, 7) is 0. The lowest BCUT2D eigenvalue weighted by molar-refractivity contribution is 1.61. The SMILES string of the molecule is c1ccc(-c2ccc(-c3ccccc3)c3c(-c4ccccc4)c4ccccc4c(-c4ccccc4)c23)cc1. The number of hydrogen-bond donors (Lipinski definition) is 0. The first-order valence-electron chi connectivity index (χ1n) is 13.1. The van der Waals surface area contributed by atoms with Crippen LogP contribution in [0.15, 0.2) is 158 Å². The van der Waals surface area contributed by atoms with E-state index >= 15 is 0 Å². The molecule has 38 heavy (non-hydrogen) atoms. The Balaban J connectivity index is 1.79. The molecule has 0 atom stereocenters. The van der Waals surface area contributed by atoms with Gasteiger partial charge in [-0.1, -0.05) is 158 Å². The maximum atomic E-state index is 2.32. The highest BCUT2D eigenvalue weighted by molar-refractivity contribution is 6.27. The van der Waals surface area contributed by atoms with Crippen LogP contribution < -0.4 is 0 Å². The zero-order chi connectivity index (χ0) is 25.3. The molecular weight excluding hydrogens is 456 g/mol. The molecule has 7 aromatic rings. The fourth-order valence-corrected chi connectivity index (χ4v) is 5.84. The minimum Gasteiger partial charge on any atom is -0.0622 e. The van der Waals surface area contributed by atoms with Crippen LogP contribution >= 0.6 is 0 Å². The topological polar surface area (TPSA) is 0 Å². The molecule has 7 aromatic carbocycles. The van der Waals surface area contributed by atoms with Crippen molar-refractivity contribution in [2.75, 3.05) is 0 Å². The lowest BCUT2D eigenvalue weighted by Crippen LogP contribution is -1.95. The Labute approximate surface area is 223 Å². The van der Waals surface area contributed by atoms with Crippen molar-refractivity contribution in [1.82, 2.24) is 0 Å². The average molecular weight is 483 g/mol. The molecule has 0 saturated carbocycles. The van der Waals surface area contributed by atoms with Gasteiger partial charge in [0.2, 0.25) is 0 Å². The Morgan fingerprint density at radius 3 is 0.868 bits per heavy atom. The largest absolute Gasteiger partial charge is 0.0622 e. The van der Waals surface area contributed by atoms with Crippen LogP contribution in [0.3, 0.4) is 0 Å². The van der Waals surface area contributed by atoms with Gasteiger partial charge in [-0.15, -0.1) is 0 Å². The van der Waals surface area contributed by atoms with Gasteiger partial charge < -0.3 is 0 Å². The van der Waals surface area contributed by atoms with Crippen molar-refractivity contribution in [3.05, 3.63) is 158 Å². The molecule has 0 amide bonds. The van der Waals surface area contributed by atoms with Crippen molar-refractivity contribution in [3.8, 4) is 44.5 Å². The summed E-state index contributed by atoms with van der Waals surface area (Å²) < 4.78 is 0. The number of rotatable bonds is 4. The van der Waals surface area contributed by atoms with Crippen molar-refractivity contribution < 1.29 is 0 Å². The van der Waals surface area contributed by atoms with Gasteiger partial charge in [0, 0.05) is 0 Å². The number of benzene rings is 7. The molecule has 0 fully saturated rings. The molecule has 0 N–H and O–H groups in total. The van der Waals surface area contributed by atoms with E-state index in [2.05, 4.69) is 158 Å². The first-order chi connectivity index (χ1) is 18.9. The lowest BCUT2D eigenvalue weighted by Gasteiger charge is -2.23. The van der Waals surface area contributed by atoms with Gasteiger partial charge in [0.25, 0.3) is 0 Å². The summed E-state index contributed by atoms with van der Waals surface area (Å²) in [5.74, 6) is 0. The molecule has 0 aliphatic carbocycles. The van der Waals surface area contributed by atoms with Gasteiger partial charge >= 0.3 is 0 Å². The molecule has 0 unspecified atom stereocenters. The highest BCUT2D eigenvalue weighted by Crippen LogP contribution is 2.50. The molecule has 0 aliphatic heterocycles. The van der Waals surface area contributed by atoms with Crippen LogP contribution in [0.1, 0.15) is 0 Å². The van der Waals surface area contributed by atoms with Crippen LogP contribution in [0.2, 0.25) is 0 Å². The van der Waals surface area contributed by atoms with E-state index in [9.17, 15) is 0 Å². The standard InChI is InChI=1S/C38H26/c1-5-15-27(16-6-1)31-25-26-32(28-17-7-2-8-18-28)38-36(30-21-11-4-12-22-30)34-24-14-13-23-33(34)35(37(31)38)29-19-9-3-10-20-29/h1-26H. The summed E-state index contributed by atoms with van der Waals surface area (Å²) in [7, 11) is 0. The molecule has 0 heteroatoms. The van der Waals surface area contributed by atoms with E-state index in [1.807, 2.05) is 0 Å². The van der Waals surface area contributed by atoms with Crippen LogP contribution in [0.5, 0.6) is 0 Å². The minimum absolute atomic E-state index is 1.23. The Kier molecular flexibility index (Phi) is 5.57. The fourth-order valence-electron chi connectivity index (χ4n) is 5.84. The van der Waals surface area contributed by atoms with E-state index in [1.165, 1.54) is 66.1 Å². The third-order valence-electron chi connectivity index (χ3n) is 7.47. The summed E-state index contributed by atoms with van der Waals surface area (Å²) in [5.41, 5.74) is 9.99. The summed E-state index contributed by atoms with van der Waals surface area (Å²) in [4.78, 5) is 0. The fraction of sp³-hybridized carbons (Fsp3) is 0. The second-order valence-corrected chi connectivity index (χ2v) is 9.67. The van der Waals surface area contributed by atoms with E-state index in [0.717, 1.165) is 0 Å². The molecule has 0 aliphatic rings. The van der Waals surface area contributed by atoms with E-state index in [-0.39, 0.29) is 0 Å². The quantitative estimate of drug-likeness (QED) is 0.219. The predicted octanol–water partition coefficient (Wildman–Crippen LogP) is 10.7. The van der Waals surface area contributed by atoms with Crippen LogP contribution in [-0.4, -0.2) is 0 Å². The highest BCUT2D eigenvalue weighted by atomic mass is 14.2. The van der Waals surface area contributed by atoms with Gasteiger partial charge in [-0.25, -0.2) is 0 Å². The van der Waals surface area contributed by atoms with E-state index < -0.39 is 0 Å². The normalized spacial score (nSPS) is 11.2. The molecule has 0 heterocycles. The Bertz CT molecular complexity index is 1730. The first kappa shape index (κ1) is 22.3. The Morgan fingerprint density at radius 2 is 0.526 bits per heavy atom. The van der Waals surface area contributed by atoms with Gasteiger partial charge in [0.1, 0.15) is 0 Å². The smallest absolute Gasteiger partial charge is 0.000786 e. The molecule has 0 aromatic heterocycles. The van der Waals surface area contributed by atoms with Gasteiger partial charge in [-0.2, -0.15) is 0 Å². The van der Waals surface area contributed by atoms with Gasteiger partial charge in [-0.05, 0) is 66.1 Å². The minimum atomic E-state index is 1.23. The van der Waals surface area contributed by atoms with Crippen molar-refractivity contribution >= 4 is 21.5 Å². The van der Waals surface area contributed by atoms with Crippen LogP contribution in [0.4, 0.5) is 0 Å². The maximum Gasteiger partial charge on any atom is -0.000786 e. The zero-order valence-electron chi connectivity index (χ0n) is 21.0. The third kappa shape index (κ3) is 3.70. The van der Waals surface area contributed by atoms with Gasteiger partial charge in [-0.3, -0.25) is 0 Å². The molecule has 178 valence electrons. The monoisotopic (exact) mass is 482 g/mol. The van der Waals surface area contributed by atoms with Gasteiger partial charge in [0.15, 0.2) is 0 Å². The number of fused-ring (bicyclic) bond motifs is 2. The van der Waals surface area contributed by atoms with E-state index in [1.54, 1.807) is 0 Å². The average Bonchev–Trinajstić information content (AvgIpc) is 3.01. The van der Waals surface area contributed by atoms with Crippen molar-refractivity contribution in [3.63, 3.8) is 0 Å². The summed E-state index contributed by atoms with van der Waals surface area (Å²) in [6.07, 6.45) is 0. The Morgan fingerprint density at radius 1 is 0.237 bits per heavy atom. The summed E-state index contributed by atoms with van der Waals surface area (Å²) >= 11 is 0. The number of hydrogen-bond acceptors (Lipinski definition) is 0. The van der Waals surface area contributed by atoms with Crippen molar-refractivity contribution in [2.24, 2.45) is 0 Å². The molecule has 0 nitrogen and oxygen atoms in total. The molecule has 0 bridgehead atoms. The lowest BCUT2D eigenvalue weighted by atomic mass is 9.80. The van der Waals surface area contributed by atoms with Crippen molar-refractivity contribution in [2.45, 2.75) is 0 Å². The van der Waals surface area contributed by atoms with Crippen LogP contribution in [0.25, 0.3) is 66.1 Å².